The summed E-state index contributed by atoms with van der Waals surface area (Å²) < 4.78 is 49.3. The molecule has 0 N–H and O–H groups in total. The third-order valence-electron chi connectivity index (χ3n) is 3.00. The van der Waals surface area contributed by atoms with Gasteiger partial charge in [0.15, 0.2) is 5.69 Å². The van der Waals surface area contributed by atoms with E-state index < -0.39 is 17.6 Å². The number of methoxy groups -OCH3 is 1. The fourth-order valence-corrected chi connectivity index (χ4v) is 1.95. The first-order chi connectivity index (χ1) is 7.98. The minimum atomic E-state index is -4.43. The van der Waals surface area contributed by atoms with Crippen LogP contribution >= 0.6 is 0 Å². The average molecular weight is 250 g/mol. The van der Waals surface area contributed by atoms with E-state index in [0.29, 0.717) is 26.1 Å². The highest BCUT2D eigenvalue weighted by atomic mass is 19.4. The monoisotopic (exact) mass is 250 g/mol. The second kappa shape index (κ2) is 4.30. The fourth-order valence-electron chi connectivity index (χ4n) is 1.95. The molecule has 4 nitrogen and oxygen atoms in total. The predicted octanol–water partition coefficient (Wildman–Crippen LogP) is 2.01. The van der Waals surface area contributed by atoms with E-state index in [1.165, 1.54) is 11.7 Å². The highest BCUT2D eigenvalue weighted by Crippen LogP contribution is 2.33. The van der Waals surface area contributed by atoms with Gasteiger partial charge in [-0.2, -0.15) is 13.2 Å². The maximum Gasteiger partial charge on any atom is 0.434 e. The topological polar surface area (TPSA) is 36.3 Å². The summed E-state index contributed by atoms with van der Waals surface area (Å²) in [6.45, 7) is 0.931. The average Bonchev–Trinajstić information content (AvgIpc) is 2.79. The lowest BCUT2D eigenvalue weighted by Gasteiger charge is -2.36. The number of nitrogens with zero attached hydrogens (tertiary/aromatic N) is 2. The summed E-state index contributed by atoms with van der Waals surface area (Å²) in [5, 5.41) is 0. The Bertz CT molecular complexity index is 383. The Kier molecular flexibility index (Phi) is 3.13. The SMILES string of the molecule is COC1(n2cnc(C(F)(F)F)c2)CCOCC1. The molecule has 2 heterocycles. The van der Waals surface area contributed by atoms with Crippen LogP contribution in [0.3, 0.4) is 0 Å². The molecule has 0 spiro atoms. The summed E-state index contributed by atoms with van der Waals surface area (Å²) >= 11 is 0. The minimum absolute atomic E-state index is 0.466. The normalized spacial score (nSPS) is 20.5. The highest BCUT2D eigenvalue weighted by Gasteiger charge is 2.38. The van der Waals surface area contributed by atoms with Gasteiger partial charge in [0.1, 0.15) is 5.72 Å². The number of ether oxygens (including phenoxy) is 2. The summed E-state index contributed by atoms with van der Waals surface area (Å²) in [6.07, 6.45) is -1.26. The number of alkyl halides is 3. The summed E-state index contributed by atoms with van der Waals surface area (Å²) in [4.78, 5) is 3.37. The Morgan fingerprint density at radius 2 is 2.06 bits per heavy atom. The number of aromatic nitrogens is 2. The van der Waals surface area contributed by atoms with Crippen LogP contribution < -0.4 is 0 Å². The Hall–Kier alpha value is -1.08. The molecule has 1 aromatic rings. The summed E-state index contributed by atoms with van der Waals surface area (Å²) in [5.41, 5.74) is -1.67. The second-order valence-corrected chi connectivity index (χ2v) is 3.93. The van der Waals surface area contributed by atoms with Gasteiger partial charge in [0, 0.05) is 26.1 Å². The van der Waals surface area contributed by atoms with Crippen molar-refractivity contribution in [1.29, 1.82) is 0 Å². The molecule has 0 saturated carbocycles. The van der Waals surface area contributed by atoms with E-state index in [1.54, 1.807) is 0 Å². The number of imidazole rings is 1. The van der Waals surface area contributed by atoms with E-state index >= 15 is 0 Å². The van der Waals surface area contributed by atoms with Crippen molar-refractivity contribution in [3.63, 3.8) is 0 Å². The van der Waals surface area contributed by atoms with Crippen molar-refractivity contribution >= 4 is 0 Å². The standard InChI is InChI=1S/C10H13F3N2O2/c1-16-9(2-4-17-5-3-9)15-6-8(14-7-15)10(11,12)13/h6-7H,2-5H2,1H3. The molecule has 0 aliphatic carbocycles. The van der Waals surface area contributed by atoms with Gasteiger partial charge in [-0.1, -0.05) is 0 Å². The third kappa shape index (κ3) is 2.30. The zero-order valence-corrected chi connectivity index (χ0v) is 9.33. The van der Waals surface area contributed by atoms with Crippen LogP contribution in [-0.4, -0.2) is 29.9 Å². The third-order valence-corrected chi connectivity index (χ3v) is 3.00. The van der Waals surface area contributed by atoms with E-state index in [4.69, 9.17) is 9.47 Å². The van der Waals surface area contributed by atoms with Crippen LogP contribution in [0.4, 0.5) is 13.2 Å². The second-order valence-electron chi connectivity index (χ2n) is 3.93. The van der Waals surface area contributed by atoms with Crippen LogP contribution in [0.25, 0.3) is 0 Å². The predicted molar refractivity (Wildman–Crippen MR) is 52.3 cm³/mol. The fraction of sp³-hybridized carbons (Fsp3) is 0.700. The first-order valence-corrected chi connectivity index (χ1v) is 5.22. The molecular weight excluding hydrogens is 237 g/mol. The zero-order valence-electron chi connectivity index (χ0n) is 9.33. The van der Waals surface area contributed by atoms with Crippen LogP contribution in [-0.2, 0) is 21.4 Å². The van der Waals surface area contributed by atoms with Gasteiger partial charge in [0.25, 0.3) is 0 Å². The van der Waals surface area contributed by atoms with E-state index in [9.17, 15) is 13.2 Å². The first kappa shape index (κ1) is 12.4. The minimum Gasteiger partial charge on any atom is -0.381 e. The van der Waals surface area contributed by atoms with Crippen LogP contribution in [0.1, 0.15) is 18.5 Å². The molecular formula is C10H13F3N2O2. The molecule has 17 heavy (non-hydrogen) atoms. The van der Waals surface area contributed by atoms with Gasteiger partial charge in [0.2, 0.25) is 0 Å². The molecule has 0 atom stereocenters. The maximum atomic E-state index is 12.5. The number of halogens is 3. The van der Waals surface area contributed by atoms with Crippen molar-refractivity contribution in [3.8, 4) is 0 Å². The molecule has 1 aliphatic heterocycles. The van der Waals surface area contributed by atoms with Gasteiger partial charge in [-0.25, -0.2) is 4.98 Å². The molecule has 96 valence electrons. The van der Waals surface area contributed by atoms with Gasteiger partial charge < -0.3 is 14.0 Å². The molecule has 0 bridgehead atoms. The number of hydrogen-bond acceptors (Lipinski definition) is 3. The molecule has 2 rings (SSSR count). The molecule has 0 unspecified atom stereocenters. The van der Waals surface area contributed by atoms with E-state index in [0.717, 1.165) is 12.5 Å². The van der Waals surface area contributed by atoms with Crippen molar-refractivity contribution in [3.05, 3.63) is 18.2 Å². The van der Waals surface area contributed by atoms with Crippen molar-refractivity contribution in [2.24, 2.45) is 0 Å². The lowest BCUT2D eigenvalue weighted by atomic mass is 10.0. The number of rotatable bonds is 2. The molecule has 1 aliphatic rings. The Morgan fingerprint density at radius 3 is 2.53 bits per heavy atom. The summed E-state index contributed by atoms with van der Waals surface area (Å²) in [7, 11) is 1.48. The van der Waals surface area contributed by atoms with Crippen molar-refractivity contribution in [2.75, 3.05) is 20.3 Å². The van der Waals surface area contributed by atoms with Gasteiger partial charge in [-0.15, -0.1) is 0 Å². The van der Waals surface area contributed by atoms with Crippen molar-refractivity contribution < 1.29 is 22.6 Å². The molecule has 7 heteroatoms. The summed E-state index contributed by atoms with van der Waals surface area (Å²) in [6, 6.07) is 0. The number of hydrogen-bond donors (Lipinski definition) is 0. The molecule has 0 aromatic carbocycles. The highest BCUT2D eigenvalue weighted by molar-refractivity contribution is 5.04. The first-order valence-electron chi connectivity index (χ1n) is 5.22. The maximum absolute atomic E-state index is 12.5. The molecule has 1 aromatic heterocycles. The van der Waals surface area contributed by atoms with E-state index in [-0.39, 0.29) is 0 Å². The van der Waals surface area contributed by atoms with E-state index in [1.807, 2.05) is 0 Å². The zero-order chi connectivity index (χ0) is 12.5. The Labute approximate surface area is 96.3 Å². The molecule has 0 amide bonds. The molecule has 1 saturated heterocycles. The van der Waals surface area contributed by atoms with Gasteiger partial charge in [0.05, 0.1) is 19.5 Å². The molecule has 0 radical (unpaired) electrons. The smallest absolute Gasteiger partial charge is 0.381 e. The molecule has 1 fully saturated rings. The van der Waals surface area contributed by atoms with Crippen molar-refractivity contribution in [1.82, 2.24) is 9.55 Å². The van der Waals surface area contributed by atoms with Gasteiger partial charge in [-0.3, -0.25) is 0 Å². The van der Waals surface area contributed by atoms with Crippen LogP contribution in [0, 0.1) is 0 Å². The lowest BCUT2D eigenvalue weighted by Crippen LogP contribution is -2.40. The van der Waals surface area contributed by atoms with Gasteiger partial charge in [-0.05, 0) is 0 Å². The summed E-state index contributed by atoms with van der Waals surface area (Å²) in [5.74, 6) is 0. The van der Waals surface area contributed by atoms with E-state index in [2.05, 4.69) is 4.98 Å². The van der Waals surface area contributed by atoms with Crippen molar-refractivity contribution in [2.45, 2.75) is 24.7 Å². The quantitative estimate of drug-likeness (QED) is 0.805. The van der Waals surface area contributed by atoms with Crippen LogP contribution in [0.5, 0.6) is 0 Å². The Morgan fingerprint density at radius 1 is 1.41 bits per heavy atom. The Balaban J connectivity index is 2.28. The largest absolute Gasteiger partial charge is 0.434 e. The van der Waals surface area contributed by atoms with Crippen LogP contribution in [0.2, 0.25) is 0 Å². The lowest BCUT2D eigenvalue weighted by molar-refractivity contribution is -0.147. The van der Waals surface area contributed by atoms with Crippen LogP contribution in [0.15, 0.2) is 12.5 Å². The van der Waals surface area contributed by atoms with Gasteiger partial charge >= 0.3 is 6.18 Å².